The number of hydrogen-bond donors (Lipinski definition) is 2. The molecule has 0 saturated heterocycles. The molecule has 0 unspecified atom stereocenters. The third kappa shape index (κ3) is 2.55. The van der Waals surface area contributed by atoms with Crippen LogP contribution in [0.5, 0.6) is 5.75 Å². The quantitative estimate of drug-likeness (QED) is 0.715. The summed E-state index contributed by atoms with van der Waals surface area (Å²) in [6.07, 6.45) is 1.77. The van der Waals surface area contributed by atoms with E-state index >= 15 is 0 Å². The molecule has 0 bridgehead atoms. The largest absolute Gasteiger partial charge is 0.508 e. The predicted octanol–water partition coefficient (Wildman–Crippen LogP) is 1.67. The van der Waals surface area contributed by atoms with Crippen LogP contribution in [-0.4, -0.2) is 11.1 Å². The Morgan fingerprint density at radius 1 is 1.42 bits per heavy atom. The number of nitrogens with two attached hydrogens (primary N) is 1. The Kier molecular flexibility index (Phi) is 3.11. The number of phenols is 1. The van der Waals surface area contributed by atoms with Crippen LogP contribution in [0.4, 0.5) is 0 Å². The first-order valence-electron chi connectivity index (χ1n) is 4.22. The summed E-state index contributed by atoms with van der Waals surface area (Å²) in [7, 11) is 0. The second-order valence-corrected chi connectivity index (χ2v) is 3.14. The van der Waals surface area contributed by atoms with Crippen LogP contribution >= 0.6 is 0 Å². The summed E-state index contributed by atoms with van der Waals surface area (Å²) in [4.78, 5) is 0. The zero-order valence-electron chi connectivity index (χ0n) is 7.33. The van der Waals surface area contributed by atoms with E-state index in [1.165, 1.54) is 0 Å². The van der Waals surface area contributed by atoms with Crippen molar-refractivity contribution in [2.24, 2.45) is 5.73 Å². The van der Waals surface area contributed by atoms with Crippen LogP contribution in [-0.2, 0) is 6.42 Å². The Hall–Kier alpha value is -1.02. The molecule has 1 aromatic carbocycles. The summed E-state index contributed by atoms with van der Waals surface area (Å²) in [5.74, 6) is 0.373. The smallest absolute Gasteiger partial charge is 0.118 e. The van der Waals surface area contributed by atoms with E-state index in [0.717, 1.165) is 18.4 Å². The number of para-hydroxylation sites is 1. The molecule has 66 valence electrons. The third-order valence-corrected chi connectivity index (χ3v) is 1.86. The molecule has 0 aliphatic rings. The molecule has 0 saturated carbocycles. The maximum atomic E-state index is 9.38. The molecule has 0 amide bonds. The zero-order chi connectivity index (χ0) is 8.97. The molecule has 1 rings (SSSR count). The van der Waals surface area contributed by atoms with E-state index in [0.29, 0.717) is 5.75 Å². The van der Waals surface area contributed by atoms with Gasteiger partial charge in [-0.05, 0) is 31.4 Å². The average Bonchev–Trinajstić information content (AvgIpc) is 2.03. The minimum atomic E-state index is 0.199. The topological polar surface area (TPSA) is 46.2 Å². The van der Waals surface area contributed by atoms with Crippen molar-refractivity contribution in [2.75, 3.05) is 0 Å². The van der Waals surface area contributed by atoms with Crippen molar-refractivity contribution in [3.63, 3.8) is 0 Å². The first-order chi connectivity index (χ1) is 5.70. The highest BCUT2D eigenvalue weighted by molar-refractivity contribution is 5.31. The van der Waals surface area contributed by atoms with E-state index in [2.05, 4.69) is 0 Å². The van der Waals surface area contributed by atoms with Crippen molar-refractivity contribution < 1.29 is 5.11 Å². The number of hydrogen-bond acceptors (Lipinski definition) is 2. The van der Waals surface area contributed by atoms with Gasteiger partial charge in [-0.25, -0.2) is 0 Å². The standard InChI is InChI=1S/C10H15NO/c1-8(11)6-7-9-4-2-3-5-10(9)12/h2-5,8,12H,6-7,11H2,1H3/t8-/m0/s1. The number of aryl methyl sites for hydroxylation is 1. The number of phenolic OH excluding ortho intramolecular Hbond substituents is 1. The summed E-state index contributed by atoms with van der Waals surface area (Å²) in [5, 5.41) is 9.38. The van der Waals surface area contributed by atoms with Gasteiger partial charge in [0.15, 0.2) is 0 Å². The van der Waals surface area contributed by atoms with E-state index in [-0.39, 0.29) is 6.04 Å². The second kappa shape index (κ2) is 4.12. The molecular weight excluding hydrogens is 150 g/mol. The Morgan fingerprint density at radius 3 is 2.67 bits per heavy atom. The molecule has 0 radical (unpaired) electrons. The molecule has 12 heavy (non-hydrogen) atoms. The van der Waals surface area contributed by atoms with Gasteiger partial charge in [0, 0.05) is 6.04 Å². The highest BCUT2D eigenvalue weighted by Gasteiger charge is 2.00. The van der Waals surface area contributed by atoms with Gasteiger partial charge in [-0.2, -0.15) is 0 Å². The molecule has 2 nitrogen and oxygen atoms in total. The van der Waals surface area contributed by atoms with Gasteiger partial charge in [-0.15, -0.1) is 0 Å². The lowest BCUT2D eigenvalue weighted by atomic mass is 10.1. The van der Waals surface area contributed by atoms with Gasteiger partial charge in [0.25, 0.3) is 0 Å². The monoisotopic (exact) mass is 165 g/mol. The van der Waals surface area contributed by atoms with Crippen molar-refractivity contribution in [1.29, 1.82) is 0 Å². The number of aromatic hydroxyl groups is 1. The maximum absolute atomic E-state index is 9.38. The SMILES string of the molecule is C[C@H](N)CCc1ccccc1O. The molecule has 0 heterocycles. The minimum Gasteiger partial charge on any atom is -0.508 e. The molecule has 3 N–H and O–H groups in total. The third-order valence-electron chi connectivity index (χ3n) is 1.86. The summed E-state index contributed by atoms with van der Waals surface area (Å²) >= 11 is 0. The Balaban J connectivity index is 2.57. The summed E-state index contributed by atoms with van der Waals surface area (Å²) in [6.45, 7) is 1.97. The van der Waals surface area contributed by atoms with Gasteiger partial charge >= 0.3 is 0 Å². The van der Waals surface area contributed by atoms with Gasteiger partial charge in [0.05, 0.1) is 0 Å². The van der Waals surface area contributed by atoms with Crippen molar-refractivity contribution in [1.82, 2.24) is 0 Å². The van der Waals surface area contributed by atoms with Crippen LogP contribution in [0.2, 0.25) is 0 Å². The van der Waals surface area contributed by atoms with Crippen LogP contribution in [0.25, 0.3) is 0 Å². The molecular formula is C10H15NO. The second-order valence-electron chi connectivity index (χ2n) is 3.14. The average molecular weight is 165 g/mol. The molecule has 0 fully saturated rings. The molecule has 0 aliphatic heterocycles. The number of rotatable bonds is 3. The van der Waals surface area contributed by atoms with Crippen molar-refractivity contribution in [3.8, 4) is 5.75 Å². The van der Waals surface area contributed by atoms with Gasteiger partial charge in [-0.3, -0.25) is 0 Å². The van der Waals surface area contributed by atoms with Gasteiger partial charge in [0.2, 0.25) is 0 Å². The molecule has 0 aromatic heterocycles. The van der Waals surface area contributed by atoms with Crippen molar-refractivity contribution in [3.05, 3.63) is 29.8 Å². The lowest BCUT2D eigenvalue weighted by Gasteiger charge is -2.05. The molecule has 1 aromatic rings. The van der Waals surface area contributed by atoms with Crippen LogP contribution in [0.3, 0.4) is 0 Å². The molecule has 0 aliphatic carbocycles. The zero-order valence-corrected chi connectivity index (χ0v) is 7.33. The predicted molar refractivity (Wildman–Crippen MR) is 50.1 cm³/mol. The van der Waals surface area contributed by atoms with E-state index in [4.69, 9.17) is 5.73 Å². The Labute approximate surface area is 73.0 Å². The Bertz CT molecular complexity index is 245. The first-order valence-corrected chi connectivity index (χ1v) is 4.22. The number of benzene rings is 1. The van der Waals surface area contributed by atoms with Crippen LogP contribution < -0.4 is 5.73 Å². The maximum Gasteiger partial charge on any atom is 0.118 e. The fourth-order valence-electron chi connectivity index (χ4n) is 1.11. The Morgan fingerprint density at radius 2 is 2.08 bits per heavy atom. The highest BCUT2D eigenvalue weighted by atomic mass is 16.3. The molecule has 2 heteroatoms. The lowest BCUT2D eigenvalue weighted by molar-refractivity contribution is 0.466. The highest BCUT2D eigenvalue weighted by Crippen LogP contribution is 2.17. The van der Waals surface area contributed by atoms with E-state index in [1.54, 1.807) is 6.07 Å². The molecule has 1 atom stereocenters. The van der Waals surface area contributed by atoms with Gasteiger partial charge in [-0.1, -0.05) is 18.2 Å². The fraction of sp³-hybridized carbons (Fsp3) is 0.400. The van der Waals surface area contributed by atoms with Crippen LogP contribution in [0.15, 0.2) is 24.3 Å². The summed E-state index contributed by atoms with van der Waals surface area (Å²) in [5.41, 5.74) is 6.59. The van der Waals surface area contributed by atoms with Crippen LogP contribution in [0.1, 0.15) is 18.9 Å². The van der Waals surface area contributed by atoms with E-state index in [9.17, 15) is 5.11 Å². The lowest BCUT2D eigenvalue weighted by Crippen LogP contribution is -2.15. The van der Waals surface area contributed by atoms with Gasteiger partial charge < -0.3 is 10.8 Å². The minimum absolute atomic E-state index is 0.199. The van der Waals surface area contributed by atoms with E-state index < -0.39 is 0 Å². The first kappa shape index (κ1) is 9.07. The molecule has 0 spiro atoms. The van der Waals surface area contributed by atoms with Gasteiger partial charge in [0.1, 0.15) is 5.75 Å². The van der Waals surface area contributed by atoms with Crippen molar-refractivity contribution >= 4 is 0 Å². The van der Waals surface area contributed by atoms with Crippen molar-refractivity contribution in [2.45, 2.75) is 25.8 Å². The summed E-state index contributed by atoms with van der Waals surface area (Å²) in [6, 6.07) is 7.58. The van der Waals surface area contributed by atoms with E-state index in [1.807, 2.05) is 25.1 Å². The normalized spacial score (nSPS) is 12.8. The fourth-order valence-corrected chi connectivity index (χ4v) is 1.11. The van der Waals surface area contributed by atoms with Crippen LogP contribution in [0, 0.1) is 0 Å². The summed E-state index contributed by atoms with van der Waals surface area (Å²) < 4.78 is 0.